The van der Waals surface area contributed by atoms with Gasteiger partial charge in [-0.15, -0.1) is 0 Å². The molecule has 1 aliphatic rings. The van der Waals surface area contributed by atoms with E-state index in [9.17, 15) is 18.3 Å². The molecule has 0 heterocycles. The maximum atomic E-state index is 12.5. The first-order chi connectivity index (χ1) is 6.29. The lowest BCUT2D eigenvalue weighted by molar-refractivity contribution is -0.259. The van der Waals surface area contributed by atoms with Gasteiger partial charge in [0.1, 0.15) is 0 Å². The SMILES string of the molecule is CCC1(CN)CCC(O)(C(F)(F)F)C1. The predicted octanol–water partition coefficient (Wildman–Crippen LogP) is 1.82. The quantitative estimate of drug-likeness (QED) is 0.731. The predicted molar refractivity (Wildman–Crippen MR) is 46.6 cm³/mol. The summed E-state index contributed by atoms with van der Waals surface area (Å²) in [5.74, 6) is 0. The first-order valence-electron chi connectivity index (χ1n) is 4.78. The van der Waals surface area contributed by atoms with Crippen molar-refractivity contribution in [1.82, 2.24) is 0 Å². The van der Waals surface area contributed by atoms with Crippen LogP contribution in [0.15, 0.2) is 0 Å². The maximum Gasteiger partial charge on any atom is 0.417 e. The summed E-state index contributed by atoms with van der Waals surface area (Å²) in [6.45, 7) is 2.02. The highest BCUT2D eigenvalue weighted by atomic mass is 19.4. The second-order valence-electron chi connectivity index (χ2n) is 4.26. The zero-order chi connectivity index (χ0) is 11.0. The van der Waals surface area contributed by atoms with Crippen LogP contribution in [0, 0.1) is 5.41 Å². The summed E-state index contributed by atoms with van der Waals surface area (Å²) in [6, 6.07) is 0. The topological polar surface area (TPSA) is 46.2 Å². The number of nitrogens with two attached hydrogens (primary N) is 1. The van der Waals surface area contributed by atoms with E-state index in [1.807, 2.05) is 6.92 Å². The van der Waals surface area contributed by atoms with Gasteiger partial charge in [-0.3, -0.25) is 0 Å². The van der Waals surface area contributed by atoms with Gasteiger partial charge in [-0.25, -0.2) is 0 Å². The second-order valence-corrected chi connectivity index (χ2v) is 4.26. The molecular weight excluding hydrogens is 195 g/mol. The van der Waals surface area contributed by atoms with Gasteiger partial charge < -0.3 is 10.8 Å². The largest absolute Gasteiger partial charge is 0.417 e. The van der Waals surface area contributed by atoms with Crippen LogP contribution < -0.4 is 5.73 Å². The Morgan fingerprint density at radius 3 is 2.14 bits per heavy atom. The average Bonchev–Trinajstić information content (AvgIpc) is 2.45. The van der Waals surface area contributed by atoms with Gasteiger partial charge in [0.15, 0.2) is 5.60 Å². The molecule has 2 unspecified atom stereocenters. The third-order valence-corrected chi connectivity index (χ3v) is 3.45. The number of aliphatic hydroxyl groups is 1. The first-order valence-corrected chi connectivity index (χ1v) is 4.78. The minimum atomic E-state index is -4.53. The van der Waals surface area contributed by atoms with E-state index >= 15 is 0 Å². The van der Waals surface area contributed by atoms with Gasteiger partial charge in [0, 0.05) is 0 Å². The van der Waals surface area contributed by atoms with E-state index < -0.39 is 17.2 Å². The van der Waals surface area contributed by atoms with Gasteiger partial charge in [-0.2, -0.15) is 13.2 Å². The molecule has 1 fully saturated rings. The molecule has 0 aromatic heterocycles. The van der Waals surface area contributed by atoms with Gasteiger partial charge in [0.05, 0.1) is 0 Å². The van der Waals surface area contributed by atoms with Crippen molar-refractivity contribution >= 4 is 0 Å². The third kappa shape index (κ3) is 1.75. The fraction of sp³-hybridized carbons (Fsp3) is 1.00. The van der Waals surface area contributed by atoms with Gasteiger partial charge in [-0.1, -0.05) is 6.92 Å². The van der Waals surface area contributed by atoms with E-state index in [4.69, 9.17) is 5.73 Å². The van der Waals surface area contributed by atoms with Crippen molar-refractivity contribution in [2.45, 2.75) is 44.4 Å². The fourth-order valence-electron chi connectivity index (χ4n) is 2.13. The molecule has 0 spiro atoms. The van der Waals surface area contributed by atoms with Crippen molar-refractivity contribution in [1.29, 1.82) is 0 Å². The molecule has 1 saturated carbocycles. The van der Waals surface area contributed by atoms with Crippen LogP contribution in [0.5, 0.6) is 0 Å². The van der Waals surface area contributed by atoms with Crippen molar-refractivity contribution in [3.8, 4) is 0 Å². The summed E-state index contributed by atoms with van der Waals surface area (Å²) < 4.78 is 37.4. The van der Waals surface area contributed by atoms with Gasteiger partial charge in [0.25, 0.3) is 0 Å². The molecule has 1 aliphatic carbocycles. The number of halogens is 3. The van der Waals surface area contributed by atoms with Crippen molar-refractivity contribution in [2.24, 2.45) is 11.1 Å². The Bertz CT molecular complexity index is 213. The third-order valence-electron chi connectivity index (χ3n) is 3.45. The van der Waals surface area contributed by atoms with Gasteiger partial charge in [0.2, 0.25) is 0 Å². The lowest BCUT2D eigenvalue weighted by Crippen LogP contribution is -2.44. The molecule has 0 aromatic carbocycles. The minimum absolute atomic E-state index is 0.210. The second kappa shape index (κ2) is 3.38. The van der Waals surface area contributed by atoms with Crippen LogP contribution in [-0.2, 0) is 0 Å². The molecule has 0 radical (unpaired) electrons. The van der Waals surface area contributed by atoms with Crippen molar-refractivity contribution in [2.75, 3.05) is 6.54 Å². The molecule has 1 rings (SSSR count). The Kier molecular flexibility index (Phi) is 2.84. The van der Waals surface area contributed by atoms with Crippen LogP contribution in [0.3, 0.4) is 0 Å². The van der Waals surface area contributed by atoms with E-state index in [0.29, 0.717) is 12.8 Å². The van der Waals surface area contributed by atoms with Crippen molar-refractivity contribution in [3.05, 3.63) is 0 Å². The molecule has 0 aromatic rings. The van der Waals surface area contributed by atoms with Crippen LogP contribution in [0.4, 0.5) is 13.2 Å². The Hall–Kier alpha value is -0.290. The smallest absolute Gasteiger partial charge is 0.380 e. The standard InChI is InChI=1S/C9H16F3NO/c1-2-7(6-13)3-4-8(14,5-7)9(10,11)12/h14H,2-6,13H2,1H3. The van der Waals surface area contributed by atoms with Gasteiger partial charge >= 0.3 is 6.18 Å². The fourth-order valence-corrected chi connectivity index (χ4v) is 2.13. The normalized spacial score (nSPS) is 39.0. The zero-order valence-corrected chi connectivity index (χ0v) is 8.19. The molecular formula is C9H16F3NO. The average molecular weight is 211 g/mol. The maximum absolute atomic E-state index is 12.5. The Morgan fingerprint density at radius 1 is 1.36 bits per heavy atom. The summed E-state index contributed by atoms with van der Waals surface area (Å²) in [5.41, 5.74) is 2.43. The van der Waals surface area contributed by atoms with Crippen molar-refractivity contribution in [3.63, 3.8) is 0 Å². The number of hydrogen-bond acceptors (Lipinski definition) is 2. The van der Waals surface area contributed by atoms with E-state index in [1.165, 1.54) is 0 Å². The molecule has 0 aliphatic heterocycles. The molecule has 2 nitrogen and oxygen atoms in total. The van der Waals surface area contributed by atoms with Crippen LogP contribution in [0.2, 0.25) is 0 Å². The number of alkyl halides is 3. The highest BCUT2D eigenvalue weighted by molar-refractivity contribution is 5.01. The summed E-state index contributed by atoms with van der Waals surface area (Å²) in [4.78, 5) is 0. The molecule has 5 heteroatoms. The summed E-state index contributed by atoms with van der Waals surface area (Å²) in [5, 5.41) is 9.45. The zero-order valence-electron chi connectivity index (χ0n) is 8.19. The van der Waals surface area contributed by atoms with E-state index in [2.05, 4.69) is 0 Å². The van der Waals surface area contributed by atoms with E-state index in [1.54, 1.807) is 0 Å². The molecule has 0 amide bonds. The number of rotatable bonds is 2. The minimum Gasteiger partial charge on any atom is -0.380 e. The van der Waals surface area contributed by atoms with Crippen LogP contribution in [0.25, 0.3) is 0 Å². The highest BCUT2D eigenvalue weighted by Gasteiger charge is 2.60. The van der Waals surface area contributed by atoms with E-state index in [-0.39, 0.29) is 19.4 Å². The van der Waals surface area contributed by atoms with Crippen LogP contribution in [0.1, 0.15) is 32.6 Å². The number of hydrogen-bond donors (Lipinski definition) is 2. The van der Waals surface area contributed by atoms with E-state index in [0.717, 1.165) is 0 Å². The van der Waals surface area contributed by atoms with Gasteiger partial charge in [-0.05, 0) is 37.6 Å². The molecule has 0 saturated heterocycles. The summed E-state index contributed by atoms with van der Waals surface area (Å²) >= 11 is 0. The lowest BCUT2D eigenvalue weighted by Gasteiger charge is -2.30. The van der Waals surface area contributed by atoms with Crippen molar-refractivity contribution < 1.29 is 18.3 Å². The summed E-state index contributed by atoms with van der Waals surface area (Å²) in [6.07, 6.45) is -4.06. The first kappa shape index (κ1) is 11.8. The molecule has 3 N–H and O–H groups in total. The Balaban J connectivity index is 2.82. The molecule has 0 bridgehead atoms. The molecule has 14 heavy (non-hydrogen) atoms. The Labute approximate surface area is 81.3 Å². The van der Waals surface area contributed by atoms with Crippen LogP contribution >= 0.6 is 0 Å². The monoisotopic (exact) mass is 211 g/mol. The van der Waals surface area contributed by atoms with Crippen LogP contribution in [-0.4, -0.2) is 23.4 Å². The lowest BCUT2D eigenvalue weighted by atomic mass is 9.82. The Morgan fingerprint density at radius 2 is 1.93 bits per heavy atom. The molecule has 84 valence electrons. The summed E-state index contributed by atoms with van der Waals surface area (Å²) in [7, 11) is 0. The highest BCUT2D eigenvalue weighted by Crippen LogP contribution is 2.52. The molecule has 2 atom stereocenters.